The van der Waals surface area contributed by atoms with Crippen molar-refractivity contribution in [3.05, 3.63) is 57.6 Å². The maximum Gasteiger partial charge on any atom is 0.335 e. The Morgan fingerprint density at radius 3 is 2.48 bits per heavy atom. The monoisotopic (exact) mass is 366 g/mol. The van der Waals surface area contributed by atoms with Gasteiger partial charge < -0.3 is 9.84 Å². The van der Waals surface area contributed by atoms with E-state index in [1.807, 2.05) is 0 Å². The smallest absolute Gasteiger partial charge is 0.335 e. The summed E-state index contributed by atoms with van der Waals surface area (Å²) in [5.74, 6) is -1.29. The number of hydrogen-bond donors (Lipinski definition) is 2. The Labute approximate surface area is 143 Å². The van der Waals surface area contributed by atoms with E-state index in [0.29, 0.717) is 5.56 Å². The normalized spacial score (nSPS) is 11.0. The number of nitrogens with one attached hydrogen (secondary N) is 1. The van der Waals surface area contributed by atoms with E-state index in [-0.39, 0.29) is 17.0 Å². The summed E-state index contributed by atoms with van der Waals surface area (Å²) in [6, 6.07) is 7.12. The van der Waals surface area contributed by atoms with Crippen molar-refractivity contribution in [3.63, 3.8) is 0 Å². The van der Waals surface area contributed by atoms with Crippen LogP contribution in [0.3, 0.4) is 0 Å². The number of ether oxygens (including phenoxy) is 1. The molecule has 25 heavy (non-hydrogen) atoms. The number of carbonyl (C=O) groups is 1. The number of non-ortho nitro benzene ring substituents is 1. The van der Waals surface area contributed by atoms with Gasteiger partial charge in [0.15, 0.2) is 0 Å². The number of hydrogen-bond acceptors (Lipinski definition) is 6. The molecule has 0 unspecified atom stereocenters. The number of anilines is 1. The first-order chi connectivity index (χ1) is 11.7. The molecule has 0 saturated heterocycles. The van der Waals surface area contributed by atoms with Crippen LogP contribution in [0.1, 0.15) is 15.9 Å². The predicted octanol–water partition coefficient (Wildman–Crippen LogP) is 2.41. The van der Waals surface area contributed by atoms with Gasteiger partial charge in [0, 0.05) is 12.1 Å². The van der Waals surface area contributed by atoms with Crippen LogP contribution in [0, 0.1) is 17.0 Å². The maximum absolute atomic E-state index is 12.6. The quantitative estimate of drug-likeness (QED) is 0.592. The summed E-state index contributed by atoms with van der Waals surface area (Å²) in [7, 11) is -3.02. The molecule has 0 aliphatic heterocycles. The molecular weight excluding hydrogens is 352 g/mol. The number of carboxylic acid groups (broad SMARTS) is 1. The van der Waals surface area contributed by atoms with Gasteiger partial charge >= 0.3 is 5.97 Å². The highest BCUT2D eigenvalue weighted by Gasteiger charge is 2.24. The van der Waals surface area contributed by atoms with Crippen LogP contribution in [-0.4, -0.2) is 31.5 Å². The Hall–Kier alpha value is -3.14. The van der Waals surface area contributed by atoms with Crippen molar-refractivity contribution in [1.82, 2.24) is 0 Å². The van der Waals surface area contributed by atoms with Crippen molar-refractivity contribution in [1.29, 1.82) is 0 Å². The Bertz CT molecular complexity index is 954. The molecule has 2 aromatic rings. The first kappa shape index (κ1) is 18.2. The lowest BCUT2D eigenvalue weighted by molar-refractivity contribution is -0.385. The van der Waals surface area contributed by atoms with Gasteiger partial charge in [0.05, 0.1) is 23.3 Å². The number of rotatable bonds is 6. The van der Waals surface area contributed by atoms with Crippen LogP contribution in [0.5, 0.6) is 5.75 Å². The fourth-order valence-corrected chi connectivity index (χ4v) is 3.37. The number of carboxylic acids is 1. The number of aryl methyl sites for hydroxylation is 1. The molecule has 0 fully saturated rings. The molecule has 9 nitrogen and oxygen atoms in total. The number of methoxy groups -OCH3 is 1. The highest BCUT2D eigenvalue weighted by Crippen LogP contribution is 2.30. The molecule has 2 aromatic carbocycles. The lowest BCUT2D eigenvalue weighted by Gasteiger charge is -2.13. The molecule has 0 radical (unpaired) electrons. The van der Waals surface area contributed by atoms with Gasteiger partial charge in [-0.25, -0.2) is 13.2 Å². The summed E-state index contributed by atoms with van der Waals surface area (Å²) >= 11 is 0. The van der Waals surface area contributed by atoms with Gasteiger partial charge in [-0.05, 0) is 30.7 Å². The molecule has 0 bridgehead atoms. The second kappa shape index (κ2) is 6.77. The Morgan fingerprint density at radius 2 is 1.92 bits per heavy atom. The van der Waals surface area contributed by atoms with Crippen LogP contribution in [0.25, 0.3) is 0 Å². The number of nitro benzene ring substituents is 1. The second-order valence-electron chi connectivity index (χ2n) is 5.03. The summed E-state index contributed by atoms with van der Waals surface area (Å²) < 4.78 is 32.5. The van der Waals surface area contributed by atoms with Crippen LogP contribution >= 0.6 is 0 Å². The predicted molar refractivity (Wildman–Crippen MR) is 88.6 cm³/mol. The second-order valence-corrected chi connectivity index (χ2v) is 6.68. The number of nitro groups is 1. The summed E-state index contributed by atoms with van der Waals surface area (Å²) in [5.41, 5.74) is 0.0120. The minimum atomic E-state index is -4.25. The van der Waals surface area contributed by atoms with Gasteiger partial charge in [-0.1, -0.05) is 6.07 Å². The SMILES string of the molecule is COc1ccc([N+](=O)[O-])cc1S(=O)(=O)Nc1cc(C(=O)O)ccc1C. The van der Waals surface area contributed by atoms with Crippen molar-refractivity contribution in [2.45, 2.75) is 11.8 Å². The standard InChI is InChI=1S/C15H14N2O7S/c1-9-3-4-10(15(18)19)7-12(9)16-25(22,23)14-8-11(17(20)21)5-6-13(14)24-2/h3-8,16H,1-2H3,(H,18,19). The van der Waals surface area contributed by atoms with E-state index in [1.165, 1.54) is 31.4 Å². The number of sulfonamides is 1. The molecule has 0 atom stereocenters. The third kappa shape index (κ3) is 3.86. The van der Waals surface area contributed by atoms with E-state index in [1.54, 1.807) is 6.92 Å². The summed E-state index contributed by atoms with van der Waals surface area (Å²) in [6.07, 6.45) is 0. The van der Waals surface area contributed by atoms with E-state index < -0.39 is 31.5 Å². The lowest BCUT2D eigenvalue weighted by atomic mass is 10.1. The molecule has 2 rings (SSSR count). The van der Waals surface area contributed by atoms with Crippen LogP contribution < -0.4 is 9.46 Å². The zero-order valence-corrected chi connectivity index (χ0v) is 14.0. The van der Waals surface area contributed by atoms with E-state index in [9.17, 15) is 23.3 Å². The van der Waals surface area contributed by atoms with Gasteiger partial charge in [-0.2, -0.15) is 0 Å². The molecule has 0 spiro atoms. The van der Waals surface area contributed by atoms with E-state index >= 15 is 0 Å². The van der Waals surface area contributed by atoms with E-state index in [2.05, 4.69) is 4.72 Å². The molecule has 0 amide bonds. The van der Waals surface area contributed by atoms with Crippen molar-refractivity contribution < 1.29 is 28.0 Å². The number of benzene rings is 2. The zero-order valence-electron chi connectivity index (χ0n) is 13.2. The van der Waals surface area contributed by atoms with Gasteiger partial charge in [0.25, 0.3) is 15.7 Å². The van der Waals surface area contributed by atoms with E-state index in [4.69, 9.17) is 9.84 Å². The maximum atomic E-state index is 12.6. The molecule has 10 heteroatoms. The topological polar surface area (TPSA) is 136 Å². The number of aromatic carboxylic acids is 1. The molecule has 0 aliphatic carbocycles. The van der Waals surface area contributed by atoms with Crippen molar-refractivity contribution in [2.75, 3.05) is 11.8 Å². The zero-order chi connectivity index (χ0) is 18.8. The van der Waals surface area contributed by atoms with Gasteiger partial charge in [-0.3, -0.25) is 14.8 Å². The minimum Gasteiger partial charge on any atom is -0.495 e. The van der Waals surface area contributed by atoms with E-state index in [0.717, 1.165) is 12.1 Å². The molecule has 132 valence electrons. The lowest BCUT2D eigenvalue weighted by Crippen LogP contribution is -2.15. The number of nitrogens with zero attached hydrogens (tertiary/aromatic N) is 1. The van der Waals surface area contributed by atoms with Crippen LogP contribution in [-0.2, 0) is 10.0 Å². The molecule has 0 aromatic heterocycles. The summed E-state index contributed by atoms with van der Waals surface area (Å²) in [6.45, 7) is 1.59. The van der Waals surface area contributed by atoms with Crippen molar-refractivity contribution in [2.24, 2.45) is 0 Å². The van der Waals surface area contributed by atoms with Gasteiger partial charge in [-0.15, -0.1) is 0 Å². The third-order valence-corrected chi connectivity index (χ3v) is 4.76. The fraction of sp³-hybridized carbons (Fsp3) is 0.133. The first-order valence-electron chi connectivity index (χ1n) is 6.85. The average Bonchev–Trinajstić information content (AvgIpc) is 2.55. The average molecular weight is 366 g/mol. The molecule has 0 saturated carbocycles. The third-order valence-electron chi connectivity index (χ3n) is 3.38. The Morgan fingerprint density at radius 1 is 1.24 bits per heavy atom. The summed E-state index contributed by atoms with van der Waals surface area (Å²) in [5, 5.41) is 19.9. The highest BCUT2D eigenvalue weighted by atomic mass is 32.2. The molecule has 0 heterocycles. The molecular formula is C15H14N2O7S. The largest absolute Gasteiger partial charge is 0.495 e. The van der Waals surface area contributed by atoms with Gasteiger partial charge in [0.2, 0.25) is 0 Å². The molecule has 2 N–H and O–H groups in total. The Balaban J connectivity index is 2.53. The minimum absolute atomic E-state index is 0.0495. The van der Waals surface area contributed by atoms with Crippen molar-refractivity contribution in [3.8, 4) is 5.75 Å². The van der Waals surface area contributed by atoms with Crippen LogP contribution in [0.2, 0.25) is 0 Å². The first-order valence-corrected chi connectivity index (χ1v) is 8.33. The van der Waals surface area contributed by atoms with Crippen molar-refractivity contribution >= 4 is 27.4 Å². The van der Waals surface area contributed by atoms with Crippen LogP contribution in [0.15, 0.2) is 41.3 Å². The Kier molecular flexibility index (Phi) is 4.93. The van der Waals surface area contributed by atoms with Gasteiger partial charge in [0.1, 0.15) is 10.6 Å². The van der Waals surface area contributed by atoms with Crippen LogP contribution in [0.4, 0.5) is 11.4 Å². The summed E-state index contributed by atoms with van der Waals surface area (Å²) in [4.78, 5) is 20.8. The molecule has 0 aliphatic rings. The fourth-order valence-electron chi connectivity index (χ4n) is 2.05. The highest BCUT2D eigenvalue weighted by molar-refractivity contribution is 7.92.